The summed E-state index contributed by atoms with van der Waals surface area (Å²) in [4.78, 5) is 19.2. The van der Waals surface area contributed by atoms with Gasteiger partial charge in [0.25, 0.3) is 0 Å². The zero-order chi connectivity index (χ0) is 21.8. The van der Waals surface area contributed by atoms with E-state index in [0.29, 0.717) is 24.6 Å². The summed E-state index contributed by atoms with van der Waals surface area (Å²) in [5, 5.41) is 8.09. The number of ether oxygens (including phenoxy) is 1. The molecule has 3 aromatic rings. The molecule has 0 aliphatic carbocycles. The van der Waals surface area contributed by atoms with Crippen LogP contribution in [0.5, 0.6) is 0 Å². The van der Waals surface area contributed by atoms with Gasteiger partial charge in [-0.2, -0.15) is 4.98 Å². The fraction of sp³-hybridized carbons (Fsp3) is 0.522. The highest BCUT2D eigenvalue weighted by Gasteiger charge is 2.21. The largest absolute Gasteiger partial charge is 0.379 e. The molecule has 1 saturated heterocycles. The predicted octanol–water partition coefficient (Wildman–Crippen LogP) is 3.23. The van der Waals surface area contributed by atoms with Crippen LogP contribution in [-0.2, 0) is 27.9 Å². The Morgan fingerprint density at radius 2 is 1.97 bits per heavy atom. The van der Waals surface area contributed by atoms with Crippen LogP contribution in [0.1, 0.15) is 38.9 Å². The zero-order valence-corrected chi connectivity index (χ0v) is 18.6. The first-order valence-corrected chi connectivity index (χ1v) is 10.9. The Kier molecular flexibility index (Phi) is 6.38. The second kappa shape index (κ2) is 9.20. The number of carbonyl (C=O) groups excluding carboxylic acids is 1. The summed E-state index contributed by atoms with van der Waals surface area (Å²) in [6.07, 6.45) is 2.83. The molecular formula is C23H31N5O3. The van der Waals surface area contributed by atoms with Crippen LogP contribution in [-0.4, -0.2) is 58.4 Å². The van der Waals surface area contributed by atoms with Crippen LogP contribution in [0.4, 0.5) is 5.69 Å². The van der Waals surface area contributed by atoms with Crippen LogP contribution in [0.3, 0.4) is 0 Å². The number of rotatable bonds is 7. The molecule has 1 aliphatic rings. The van der Waals surface area contributed by atoms with Gasteiger partial charge in [0.2, 0.25) is 11.8 Å². The molecular weight excluding hydrogens is 394 g/mol. The van der Waals surface area contributed by atoms with Crippen molar-refractivity contribution in [3.63, 3.8) is 0 Å². The molecule has 0 saturated carbocycles. The summed E-state index contributed by atoms with van der Waals surface area (Å²) in [6.45, 7) is 11.7. The first-order valence-electron chi connectivity index (χ1n) is 10.9. The predicted molar refractivity (Wildman–Crippen MR) is 119 cm³/mol. The third-order valence-corrected chi connectivity index (χ3v) is 5.52. The second-order valence-corrected chi connectivity index (χ2v) is 9.05. The number of aromatic nitrogens is 3. The van der Waals surface area contributed by atoms with Gasteiger partial charge in [-0.25, -0.2) is 0 Å². The molecule has 0 radical (unpaired) electrons. The van der Waals surface area contributed by atoms with E-state index in [0.717, 1.165) is 50.5 Å². The summed E-state index contributed by atoms with van der Waals surface area (Å²) in [6, 6.07) is 8.13. The molecule has 3 heterocycles. The summed E-state index contributed by atoms with van der Waals surface area (Å²) in [5.74, 6) is 1.08. The van der Waals surface area contributed by atoms with Gasteiger partial charge in [0.15, 0.2) is 5.82 Å². The number of anilines is 1. The highest BCUT2D eigenvalue weighted by molar-refractivity contribution is 5.94. The average Bonchev–Trinajstić information content (AvgIpc) is 3.38. The van der Waals surface area contributed by atoms with Gasteiger partial charge in [-0.3, -0.25) is 9.69 Å². The molecule has 8 nitrogen and oxygen atoms in total. The van der Waals surface area contributed by atoms with E-state index in [1.165, 1.54) is 5.52 Å². The van der Waals surface area contributed by atoms with Crippen molar-refractivity contribution in [2.45, 2.75) is 45.6 Å². The molecule has 0 atom stereocenters. The smallest absolute Gasteiger partial charge is 0.227 e. The van der Waals surface area contributed by atoms with Gasteiger partial charge in [0.1, 0.15) is 0 Å². The van der Waals surface area contributed by atoms with Gasteiger partial charge in [-0.15, -0.1) is 0 Å². The average molecular weight is 426 g/mol. The Morgan fingerprint density at radius 1 is 1.16 bits per heavy atom. The van der Waals surface area contributed by atoms with E-state index in [1.54, 1.807) is 0 Å². The number of aryl methyl sites for hydroxylation is 1. The Balaban J connectivity index is 1.31. The summed E-state index contributed by atoms with van der Waals surface area (Å²) in [7, 11) is 0. The van der Waals surface area contributed by atoms with E-state index >= 15 is 0 Å². The van der Waals surface area contributed by atoms with E-state index < -0.39 is 0 Å². The number of amides is 1. The minimum absolute atomic E-state index is 0.0680. The van der Waals surface area contributed by atoms with Gasteiger partial charge in [0.05, 0.1) is 13.2 Å². The molecule has 0 bridgehead atoms. The summed E-state index contributed by atoms with van der Waals surface area (Å²) in [5.41, 5.74) is 1.80. The van der Waals surface area contributed by atoms with E-state index in [9.17, 15) is 4.79 Å². The number of hydrogen-bond acceptors (Lipinski definition) is 6. The first kappa shape index (κ1) is 21.5. The van der Waals surface area contributed by atoms with Gasteiger partial charge in [0, 0.05) is 67.2 Å². The Hall–Kier alpha value is -2.71. The number of fused-ring (bicyclic) bond motifs is 1. The fourth-order valence-corrected chi connectivity index (χ4v) is 3.65. The minimum Gasteiger partial charge on any atom is -0.379 e. The topological polar surface area (TPSA) is 85.4 Å². The van der Waals surface area contributed by atoms with E-state index in [4.69, 9.17) is 9.26 Å². The van der Waals surface area contributed by atoms with Crippen LogP contribution in [0.15, 0.2) is 35.0 Å². The van der Waals surface area contributed by atoms with E-state index in [1.807, 2.05) is 32.9 Å². The number of nitrogens with zero attached hydrogens (tertiary/aromatic N) is 4. The van der Waals surface area contributed by atoms with Crippen molar-refractivity contribution in [1.82, 2.24) is 19.6 Å². The quantitative estimate of drug-likeness (QED) is 0.626. The number of morpholine rings is 1. The molecule has 31 heavy (non-hydrogen) atoms. The fourth-order valence-electron chi connectivity index (χ4n) is 3.65. The van der Waals surface area contributed by atoms with Crippen LogP contribution in [0.2, 0.25) is 0 Å². The minimum atomic E-state index is -0.169. The normalized spacial score (nSPS) is 15.5. The monoisotopic (exact) mass is 425 g/mol. The third-order valence-electron chi connectivity index (χ3n) is 5.52. The number of carbonyl (C=O) groups is 1. The SMILES string of the molecule is CC(C)(C)c1noc(CCC(=O)Nc2ccc3c(ccn3CCN3CCOCC3)c2)n1. The number of nitrogens with one attached hydrogen (secondary N) is 1. The highest BCUT2D eigenvalue weighted by Crippen LogP contribution is 2.22. The van der Waals surface area contributed by atoms with Gasteiger partial charge in [-0.05, 0) is 24.3 Å². The molecule has 166 valence electrons. The molecule has 1 N–H and O–H groups in total. The second-order valence-electron chi connectivity index (χ2n) is 9.05. The zero-order valence-electron chi connectivity index (χ0n) is 18.6. The summed E-state index contributed by atoms with van der Waals surface area (Å²) < 4.78 is 12.9. The number of hydrogen-bond donors (Lipinski definition) is 1. The first-order chi connectivity index (χ1) is 14.9. The molecule has 8 heteroatoms. The summed E-state index contributed by atoms with van der Waals surface area (Å²) >= 11 is 0. The molecule has 1 aliphatic heterocycles. The Morgan fingerprint density at radius 3 is 2.71 bits per heavy atom. The lowest BCUT2D eigenvalue weighted by Gasteiger charge is -2.26. The lowest BCUT2D eigenvalue weighted by Crippen LogP contribution is -2.38. The van der Waals surface area contributed by atoms with Crippen molar-refractivity contribution in [3.8, 4) is 0 Å². The Labute approximate surface area is 182 Å². The molecule has 2 aromatic heterocycles. The molecule has 1 aromatic carbocycles. The maximum atomic E-state index is 12.4. The van der Waals surface area contributed by atoms with Gasteiger partial charge in [-0.1, -0.05) is 25.9 Å². The van der Waals surface area contributed by atoms with Crippen molar-refractivity contribution >= 4 is 22.5 Å². The van der Waals surface area contributed by atoms with Gasteiger partial charge < -0.3 is 19.1 Å². The number of benzene rings is 1. The third kappa shape index (κ3) is 5.51. The lowest BCUT2D eigenvalue weighted by molar-refractivity contribution is -0.116. The highest BCUT2D eigenvalue weighted by atomic mass is 16.5. The van der Waals surface area contributed by atoms with Crippen LogP contribution in [0.25, 0.3) is 10.9 Å². The maximum absolute atomic E-state index is 12.4. The van der Waals surface area contributed by atoms with E-state index in [2.05, 4.69) is 43.3 Å². The van der Waals surface area contributed by atoms with Crippen molar-refractivity contribution in [1.29, 1.82) is 0 Å². The van der Waals surface area contributed by atoms with Crippen LogP contribution >= 0.6 is 0 Å². The maximum Gasteiger partial charge on any atom is 0.227 e. The van der Waals surface area contributed by atoms with Gasteiger partial charge >= 0.3 is 0 Å². The Bertz CT molecular complexity index is 1030. The van der Waals surface area contributed by atoms with Crippen molar-refractivity contribution in [2.24, 2.45) is 0 Å². The molecule has 1 amide bonds. The van der Waals surface area contributed by atoms with E-state index in [-0.39, 0.29) is 11.3 Å². The van der Waals surface area contributed by atoms with Crippen LogP contribution < -0.4 is 5.32 Å². The molecule has 4 rings (SSSR count). The standard InChI is InChI=1S/C23H31N5O3/c1-23(2,3)22-25-21(31-26-22)7-6-20(29)24-18-4-5-19-17(16-18)8-9-28(19)11-10-27-12-14-30-15-13-27/h4-5,8-9,16H,6-7,10-15H2,1-3H3,(H,24,29). The molecule has 1 fully saturated rings. The van der Waals surface area contributed by atoms with Crippen molar-refractivity contribution < 1.29 is 14.1 Å². The molecule has 0 spiro atoms. The lowest BCUT2D eigenvalue weighted by atomic mass is 9.96. The van der Waals surface area contributed by atoms with Crippen molar-refractivity contribution in [2.75, 3.05) is 38.2 Å². The molecule has 0 unspecified atom stereocenters. The van der Waals surface area contributed by atoms with Crippen molar-refractivity contribution in [3.05, 3.63) is 42.2 Å². The van der Waals surface area contributed by atoms with Crippen LogP contribution in [0, 0.1) is 0 Å².